The Morgan fingerprint density at radius 2 is 2.36 bits per heavy atom. The highest BCUT2D eigenvalue weighted by atomic mass is 79.9. The summed E-state index contributed by atoms with van der Waals surface area (Å²) >= 11 is 3.41. The summed E-state index contributed by atoms with van der Waals surface area (Å²) in [7, 11) is 0. The summed E-state index contributed by atoms with van der Waals surface area (Å²) in [6.07, 6.45) is 0.838. The van der Waals surface area contributed by atoms with Crippen LogP contribution in [-0.4, -0.2) is 6.04 Å². The fourth-order valence-corrected chi connectivity index (χ4v) is 1.62. The van der Waals surface area contributed by atoms with Gasteiger partial charge in [-0.25, -0.2) is 0 Å². The molecule has 2 nitrogen and oxygen atoms in total. The number of hydrogen-bond acceptors (Lipinski definition) is 2. The van der Waals surface area contributed by atoms with E-state index < -0.39 is 0 Å². The van der Waals surface area contributed by atoms with Gasteiger partial charge in [0.25, 0.3) is 0 Å². The average molecular weight is 253 g/mol. The monoisotopic (exact) mass is 252 g/mol. The van der Waals surface area contributed by atoms with Crippen molar-refractivity contribution in [2.75, 3.05) is 0 Å². The zero-order valence-corrected chi connectivity index (χ0v) is 9.71. The Hall–Kier alpha value is -0.850. The molecule has 0 aliphatic carbocycles. The van der Waals surface area contributed by atoms with Crippen molar-refractivity contribution < 1.29 is 0 Å². The van der Waals surface area contributed by atoms with Gasteiger partial charge in [-0.2, -0.15) is 5.26 Å². The second-order valence-corrected chi connectivity index (χ2v) is 4.02. The van der Waals surface area contributed by atoms with Crippen molar-refractivity contribution in [3.8, 4) is 6.07 Å². The van der Waals surface area contributed by atoms with Crippen LogP contribution in [0.1, 0.15) is 18.9 Å². The van der Waals surface area contributed by atoms with Gasteiger partial charge in [0, 0.05) is 11.0 Å². The molecule has 0 radical (unpaired) electrons. The Bertz CT molecular complexity index is 330. The van der Waals surface area contributed by atoms with Crippen LogP contribution in [0.5, 0.6) is 0 Å². The molecule has 0 amide bonds. The Morgan fingerprint density at radius 3 is 2.93 bits per heavy atom. The van der Waals surface area contributed by atoms with Gasteiger partial charge in [0.1, 0.15) is 0 Å². The van der Waals surface area contributed by atoms with Crippen LogP contribution in [0.25, 0.3) is 0 Å². The molecular formula is C11H13BrN2. The minimum absolute atomic E-state index is 0.0472. The molecule has 14 heavy (non-hydrogen) atoms. The van der Waals surface area contributed by atoms with Crippen molar-refractivity contribution in [3.05, 3.63) is 34.3 Å². The van der Waals surface area contributed by atoms with Gasteiger partial charge in [-0.15, -0.1) is 0 Å². The summed E-state index contributed by atoms with van der Waals surface area (Å²) in [6.45, 7) is 2.74. The van der Waals surface area contributed by atoms with Crippen LogP contribution in [0.15, 0.2) is 28.7 Å². The normalized spacial score (nSPS) is 12.1. The fraction of sp³-hybridized carbons (Fsp3) is 0.364. The standard InChI is InChI=1S/C11H13BrN2/c1-2-11(7-13)14-8-9-4-3-5-10(12)6-9/h3-6,11,14H,2,8H2,1H3. The number of benzene rings is 1. The van der Waals surface area contributed by atoms with Gasteiger partial charge >= 0.3 is 0 Å². The van der Waals surface area contributed by atoms with Crippen LogP contribution in [0, 0.1) is 11.3 Å². The molecule has 1 aromatic carbocycles. The van der Waals surface area contributed by atoms with Gasteiger partial charge in [-0.3, -0.25) is 5.32 Å². The number of hydrogen-bond donors (Lipinski definition) is 1. The first-order valence-corrected chi connectivity index (χ1v) is 5.43. The highest BCUT2D eigenvalue weighted by Gasteiger charge is 2.02. The second kappa shape index (κ2) is 5.79. The molecule has 1 unspecified atom stereocenters. The lowest BCUT2D eigenvalue weighted by atomic mass is 10.2. The van der Waals surface area contributed by atoms with E-state index in [0.29, 0.717) is 0 Å². The first-order valence-electron chi connectivity index (χ1n) is 4.63. The molecule has 0 aromatic heterocycles. The van der Waals surface area contributed by atoms with Gasteiger partial charge in [0.15, 0.2) is 0 Å². The van der Waals surface area contributed by atoms with Gasteiger partial charge in [0.05, 0.1) is 12.1 Å². The molecule has 0 aliphatic rings. The van der Waals surface area contributed by atoms with Gasteiger partial charge in [-0.1, -0.05) is 35.0 Å². The minimum atomic E-state index is -0.0472. The molecule has 0 bridgehead atoms. The molecule has 0 heterocycles. The molecule has 74 valence electrons. The van der Waals surface area contributed by atoms with Crippen molar-refractivity contribution >= 4 is 15.9 Å². The van der Waals surface area contributed by atoms with Crippen molar-refractivity contribution in [2.24, 2.45) is 0 Å². The lowest BCUT2D eigenvalue weighted by Crippen LogP contribution is -2.25. The second-order valence-electron chi connectivity index (χ2n) is 3.10. The number of halogens is 1. The number of nitrogens with zero attached hydrogens (tertiary/aromatic N) is 1. The molecule has 0 spiro atoms. The number of nitrogens with one attached hydrogen (secondary N) is 1. The molecule has 0 saturated heterocycles. The number of nitriles is 1. The highest BCUT2D eigenvalue weighted by Crippen LogP contribution is 2.11. The van der Waals surface area contributed by atoms with Gasteiger partial charge < -0.3 is 0 Å². The molecule has 1 aromatic rings. The van der Waals surface area contributed by atoms with E-state index in [-0.39, 0.29) is 6.04 Å². The lowest BCUT2D eigenvalue weighted by Gasteiger charge is -2.08. The SMILES string of the molecule is CCC(C#N)NCc1cccc(Br)c1. The van der Waals surface area contributed by atoms with E-state index in [0.717, 1.165) is 17.4 Å². The fourth-order valence-electron chi connectivity index (χ4n) is 1.17. The zero-order chi connectivity index (χ0) is 10.4. The van der Waals surface area contributed by atoms with E-state index in [1.54, 1.807) is 0 Å². The third-order valence-corrected chi connectivity index (χ3v) is 2.50. The van der Waals surface area contributed by atoms with Crippen molar-refractivity contribution in [1.82, 2.24) is 5.32 Å². The summed E-state index contributed by atoms with van der Waals surface area (Å²) in [5.74, 6) is 0. The van der Waals surface area contributed by atoms with E-state index in [2.05, 4.69) is 33.4 Å². The molecule has 1 rings (SSSR count). The molecule has 0 fully saturated rings. The first kappa shape index (κ1) is 11.2. The summed E-state index contributed by atoms with van der Waals surface area (Å²) in [5.41, 5.74) is 1.19. The van der Waals surface area contributed by atoms with Crippen LogP contribution < -0.4 is 5.32 Å². The Morgan fingerprint density at radius 1 is 1.57 bits per heavy atom. The first-order chi connectivity index (χ1) is 6.76. The van der Waals surface area contributed by atoms with E-state index in [9.17, 15) is 0 Å². The Balaban J connectivity index is 2.50. The largest absolute Gasteiger partial charge is 0.298 e. The van der Waals surface area contributed by atoms with Crippen molar-refractivity contribution in [2.45, 2.75) is 25.9 Å². The third kappa shape index (κ3) is 3.49. The molecule has 1 N–H and O–H groups in total. The minimum Gasteiger partial charge on any atom is -0.298 e. The van der Waals surface area contributed by atoms with Crippen molar-refractivity contribution in [3.63, 3.8) is 0 Å². The Kier molecular flexibility index (Phi) is 4.64. The van der Waals surface area contributed by atoms with E-state index in [1.807, 2.05) is 25.1 Å². The third-order valence-electron chi connectivity index (χ3n) is 2.01. The highest BCUT2D eigenvalue weighted by molar-refractivity contribution is 9.10. The zero-order valence-electron chi connectivity index (χ0n) is 8.13. The maximum atomic E-state index is 8.74. The topological polar surface area (TPSA) is 35.8 Å². The Labute approximate surface area is 93.1 Å². The summed E-state index contributed by atoms with van der Waals surface area (Å²) in [6, 6.07) is 10.2. The average Bonchev–Trinajstić information content (AvgIpc) is 2.19. The van der Waals surface area contributed by atoms with Crippen LogP contribution >= 0.6 is 15.9 Å². The maximum Gasteiger partial charge on any atom is 0.0952 e. The van der Waals surface area contributed by atoms with E-state index >= 15 is 0 Å². The predicted molar refractivity (Wildman–Crippen MR) is 60.7 cm³/mol. The summed E-state index contributed by atoms with van der Waals surface area (Å²) < 4.78 is 1.07. The lowest BCUT2D eigenvalue weighted by molar-refractivity contribution is 0.587. The molecule has 0 saturated carbocycles. The summed E-state index contributed by atoms with van der Waals surface area (Å²) in [4.78, 5) is 0. The molecule has 1 atom stereocenters. The molecule has 3 heteroatoms. The maximum absolute atomic E-state index is 8.74. The van der Waals surface area contributed by atoms with Crippen LogP contribution in [-0.2, 0) is 6.54 Å². The van der Waals surface area contributed by atoms with Gasteiger partial charge in [-0.05, 0) is 24.1 Å². The van der Waals surface area contributed by atoms with Crippen LogP contribution in [0.2, 0.25) is 0 Å². The predicted octanol–water partition coefficient (Wildman–Crippen LogP) is 2.84. The number of rotatable bonds is 4. The van der Waals surface area contributed by atoms with E-state index in [1.165, 1.54) is 5.56 Å². The van der Waals surface area contributed by atoms with Crippen molar-refractivity contribution in [1.29, 1.82) is 5.26 Å². The molecule has 0 aliphatic heterocycles. The summed E-state index contributed by atoms with van der Waals surface area (Å²) in [5, 5.41) is 11.9. The van der Waals surface area contributed by atoms with Crippen LogP contribution in [0.3, 0.4) is 0 Å². The van der Waals surface area contributed by atoms with Gasteiger partial charge in [0.2, 0.25) is 0 Å². The van der Waals surface area contributed by atoms with E-state index in [4.69, 9.17) is 5.26 Å². The quantitative estimate of drug-likeness (QED) is 0.895. The smallest absolute Gasteiger partial charge is 0.0952 e. The molecular weight excluding hydrogens is 240 g/mol. The van der Waals surface area contributed by atoms with Crippen LogP contribution in [0.4, 0.5) is 0 Å².